The highest BCUT2D eigenvalue weighted by molar-refractivity contribution is 6.07. The van der Waals surface area contributed by atoms with Crippen molar-refractivity contribution < 1.29 is 9.59 Å². The normalized spacial score (nSPS) is 18.2. The second-order valence-electron chi connectivity index (χ2n) is 2.97. The van der Waals surface area contributed by atoms with Crippen LogP contribution >= 0.6 is 0 Å². The first kappa shape index (κ1) is 8.97. The van der Waals surface area contributed by atoms with Crippen LogP contribution in [0.25, 0.3) is 0 Å². The van der Waals surface area contributed by atoms with Crippen molar-refractivity contribution >= 4 is 11.7 Å². The van der Waals surface area contributed by atoms with Crippen LogP contribution in [0.5, 0.6) is 0 Å². The van der Waals surface area contributed by atoms with Crippen LogP contribution in [0.15, 0.2) is 11.8 Å². The first-order valence-corrected chi connectivity index (χ1v) is 4.16. The highest BCUT2D eigenvalue weighted by Gasteiger charge is 2.22. The van der Waals surface area contributed by atoms with Gasteiger partial charge in [0, 0.05) is 18.3 Å². The van der Waals surface area contributed by atoms with Gasteiger partial charge in [0.15, 0.2) is 5.78 Å². The number of ketones is 1. The molecule has 0 saturated carbocycles. The second kappa shape index (κ2) is 3.52. The molecule has 0 bridgehead atoms. The Kier molecular flexibility index (Phi) is 2.63. The molecule has 1 amide bonds. The van der Waals surface area contributed by atoms with Crippen LogP contribution in [0.2, 0.25) is 0 Å². The molecule has 1 aliphatic rings. The van der Waals surface area contributed by atoms with Gasteiger partial charge in [0.2, 0.25) is 5.91 Å². The minimum Gasteiger partial charge on any atom is -0.316 e. The molecule has 1 aliphatic heterocycles. The highest BCUT2D eigenvalue weighted by atomic mass is 16.2. The van der Waals surface area contributed by atoms with Crippen LogP contribution in [-0.2, 0) is 9.59 Å². The SMILES string of the molecule is CCCN1C(=O)CC(=O)C=C1C. The zero-order valence-corrected chi connectivity index (χ0v) is 7.46. The quantitative estimate of drug-likeness (QED) is 0.577. The van der Waals surface area contributed by atoms with Gasteiger partial charge in [-0.05, 0) is 13.3 Å². The summed E-state index contributed by atoms with van der Waals surface area (Å²) >= 11 is 0. The summed E-state index contributed by atoms with van der Waals surface area (Å²) in [6.07, 6.45) is 2.50. The molecule has 1 rings (SSSR count). The number of carbonyl (C=O) groups is 2. The molecule has 0 aromatic carbocycles. The van der Waals surface area contributed by atoms with E-state index < -0.39 is 0 Å². The van der Waals surface area contributed by atoms with Crippen LogP contribution < -0.4 is 0 Å². The van der Waals surface area contributed by atoms with Gasteiger partial charge in [-0.1, -0.05) is 6.92 Å². The third-order valence-corrected chi connectivity index (χ3v) is 1.87. The Morgan fingerprint density at radius 3 is 2.67 bits per heavy atom. The molecule has 0 aromatic rings. The zero-order valence-electron chi connectivity index (χ0n) is 7.46. The van der Waals surface area contributed by atoms with Crippen molar-refractivity contribution in [2.75, 3.05) is 6.54 Å². The van der Waals surface area contributed by atoms with Crippen molar-refractivity contribution in [1.29, 1.82) is 0 Å². The number of allylic oxidation sites excluding steroid dienone is 2. The van der Waals surface area contributed by atoms with Gasteiger partial charge in [0.25, 0.3) is 0 Å². The van der Waals surface area contributed by atoms with E-state index in [1.165, 1.54) is 6.08 Å². The van der Waals surface area contributed by atoms with Crippen LogP contribution in [0.4, 0.5) is 0 Å². The Balaban J connectivity index is 2.78. The Labute approximate surface area is 72.0 Å². The molecule has 0 radical (unpaired) electrons. The van der Waals surface area contributed by atoms with Crippen LogP contribution in [0.1, 0.15) is 26.7 Å². The molecule has 3 heteroatoms. The van der Waals surface area contributed by atoms with Crippen molar-refractivity contribution in [1.82, 2.24) is 4.90 Å². The number of rotatable bonds is 2. The van der Waals surface area contributed by atoms with Crippen molar-refractivity contribution in [3.8, 4) is 0 Å². The average molecular weight is 167 g/mol. The van der Waals surface area contributed by atoms with Gasteiger partial charge >= 0.3 is 0 Å². The van der Waals surface area contributed by atoms with Crippen LogP contribution in [0, 0.1) is 0 Å². The van der Waals surface area contributed by atoms with E-state index >= 15 is 0 Å². The molecule has 0 saturated heterocycles. The van der Waals surface area contributed by atoms with Gasteiger partial charge in [0.05, 0.1) is 6.42 Å². The highest BCUT2D eigenvalue weighted by Crippen LogP contribution is 2.13. The lowest BCUT2D eigenvalue weighted by Gasteiger charge is -2.25. The van der Waals surface area contributed by atoms with Gasteiger partial charge < -0.3 is 4.90 Å². The van der Waals surface area contributed by atoms with Crippen LogP contribution in [-0.4, -0.2) is 23.1 Å². The Hall–Kier alpha value is -1.12. The largest absolute Gasteiger partial charge is 0.316 e. The molecule has 0 N–H and O–H groups in total. The first-order valence-electron chi connectivity index (χ1n) is 4.16. The average Bonchev–Trinajstić information content (AvgIpc) is 1.96. The smallest absolute Gasteiger partial charge is 0.234 e. The minimum absolute atomic E-state index is 0.0390. The van der Waals surface area contributed by atoms with Crippen LogP contribution in [0.3, 0.4) is 0 Å². The van der Waals surface area contributed by atoms with Crippen molar-refractivity contribution in [3.05, 3.63) is 11.8 Å². The van der Waals surface area contributed by atoms with E-state index in [1.807, 2.05) is 6.92 Å². The predicted octanol–water partition coefficient (Wildman–Crippen LogP) is 1.10. The van der Waals surface area contributed by atoms with E-state index in [4.69, 9.17) is 0 Å². The molecule has 3 nitrogen and oxygen atoms in total. The van der Waals surface area contributed by atoms with Crippen molar-refractivity contribution in [2.45, 2.75) is 26.7 Å². The Bertz CT molecular complexity index is 243. The number of hydrogen-bond donors (Lipinski definition) is 0. The summed E-state index contributed by atoms with van der Waals surface area (Å²) in [5.41, 5.74) is 0.776. The lowest BCUT2D eigenvalue weighted by atomic mass is 10.1. The summed E-state index contributed by atoms with van der Waals surface area (Å²) in [7, 11) is 0. The van der Waals surface area contributed by atoms with Gasteiger partial charge in [0.1, 0.15) is 0 Å². The van der Waals surface area contributed by atoms with E-state index in [9.17, 15) is 9.59 Å². The molecule has 0 atom stereocenters. The molecule has 0 unspecified atom stereocenters. The second-order valence-corrected chi connectivity index (χ2v) is 2.97. The predicted molar refractivity (Wildman–Crippen MR) is 45.4 cm³/mol. The maximum absolute atomic E-state index is 11.3. The van der Waals surface area contributed by atoms with Gasteiger partial charge in [-0.3, -0.25) is 9.59 Å². The van der Waals surface area contributed by atoms with E-state index in [2.05, 4.69) is 0 Å². The number of amides is 1. The summed E-state index contributed by atoms with van der Waals surface area (Å²) < 4.78 is 0. The fourth-order valence-corrected chi connectivity index (χ4v) is 1.33. The van der Waals surface area contributed by atoms with E-state index in [0.29, 0.717) is 6.54 Å². The number of nitrogens with zero attached hydrogens (tertiary/aromatic N) is 1. The lowest BCUT2D eigenvalue weighted by molar-refractivity contribution is -0.133. The van der Waals surface area contributed by atoms with Crippen molar-refractivity contribution in [2.24, 2.45) is 0 Å². The maximum Gasteiger partial charge on any atom is 0.234 e. The van der Waals surface area contributed by atoms with Gasteiger partial charge in [-0.2, -0.15) is 0 Å². The van der Waals surface area contributed by atoms with E-state index in [-0.39, 0.29) is 18.1 Å². The number of carbonyl (C=O) groups excluding carboxylic acids is 2. The molecule has 0 aliphatic carbocycles. The molecule has 0 fully saturated rings. The summed E-state index contributed by atoms with van der Waals surface area (Å²) in [4.78, 5) is 23.8. The summed E-state index contributed by atoms with van der Waals surface area (Å²) in [6, 6.07) is 0. The Morgan fingerprint density at radius 2 is 2.17 bits per heavy atom. The summed E-state index contributed by atoms with van der Waals surface area (Å²) in [5.74, 6) is -0.147. The fourth-order valence-electron chi connectivity index (χ4n) is 1.33. The van der Waals surface area contributed by atoms with Crippen molar-refractivity contribution in [3.63, 3.8) is 0 Å². The summed E-state index contributed by atoms with van der Waals surface area (Å²) in [6.45, 7) is 4.52. The molecule has 0 aromatic heterocycles. The third-order valence-electron chi connectivity index (χ3n) is 1.87. The molecule has 66 valence electrons. The first-order chi connectivity index (χ1) is 5.65. The number of hydrogen-bond acceptors (Lipinski definition) is 2. The zero-order chi connectivity index (χ0) is 9.14. The third kappa shape index (κ3) is 1.72. The van der Waals surface area contributed by atoms with E-state index in [1.54, 1.807) is 11.8 Å². The molecule has 12 heavy (non-hydrogen) atoms. The molecular formula is C9H13NO2. The topological polar surface area (TPSA) is 37.4 Å². The van der Waals surface area contributed by atoms with Gasteiger partial charge in [-0.25, -0.2) is 0 Å². The monoisotopic (exact) mass is 167 g/mol. The van der Waals surface area contributed by atoms with Gasteiger partial charge in [-0.15, -0.1) is 0 Å². The molecule has 0 spiro atoms. The maximum atomic E-state index is 11.3. The Morgan fingerprint density at radius 1 is 1.50 bits per heavy atom. The van der Waals surface area contributed by atoms with E-state index in [0.717, 1.165) is 12.1 Å². The standard InChI is InChI=1S/C9H13NO2/c1-3-4-10-7(2)5-8(11)6-9(10)12/h5H,3-4,6H2,1-2H3. The minimum atomic E-state index is -0.0788. The molecular weight excluding hydrogens is 154 g/mol. The summed E-state index contributed by atoms with van der Waals surface area (Å²) in [5, 5.41) is 0. The fraction of sp³-hybridized carbons (Fsp3) is 0.556. The molecule has 1 heterocycles. The lowest BCUT2D eigenvalue weighted by Crippen LogP contribution is -2.35.